The number of para-hydroxylation sites is 1. The molecule has 0 amide bonds. The van der Waals surface area contributed by atoms with Crippen LogP contribution in [0.4, 0.5) is 0 Å². The van der Waals surface area contributed by atoms with Gasteiger partial charge in [0.1, 0.15) is 0 Å². The largest absolute Gasteiger partial charge is 0.309 e. The van der Waals surface area contributed by atoms with Crippen LogP contribution >= 0.6 is 0 Å². The summed E-state index contributed by atoms with van der Waals surface area (Å²) in [5, 5.41) is 37.0. The second-order valence-electron chi connectivity index (χ2n) is 12.3. The van der Waals surface area contributed by atoms with Gasteiger partial charge in [0.15, 0.2) is 8.07 Å². The van der Waals surface area contributed by atoms with Crippen LogP contribution in [0.25, 0.3) is 38.6 Å². The highest BCUT2D eigenvalue weighted by molar-refractivity contribution is 7.20. The lowest BCUT2D eigenvalue weighted by Crippen LogP contribution is -2.75. The van der Waals surface area contributed by atoms with E-state index in [-0.39, 0.29) is 0 Å². The molecule has 0 bridgehead atoms. The van der Waals surface area contributed by atoms with Crippen molar-refractivity contribution < 1.29 is 0 Å². The molecule has 7 aromatic carbocycles. The Kier molecular flexibility index (Phi) is 7.63. The van der Waals surface area contributed by atoms with Crippen LogP contribution < -0.4 is 20.7 Å². The Morgan fingerprint density at radius 2 is 0.880 bits per heavy atom. The first-order valence-corrected chi connectivity index (χ1v) is 18.4. The molecule has 8 rings (SSSR count). The van der Waals surface area contributed by atoms with Crippen LogP contribution in [0, 0.1) is 34.0 Å². The highest BCUT2D eigenvalue weighted by atomic mass is 28.3. The summed E-state index contributed by atoms with van der Waals surface area (Å²) in [6.07, 6.45) is 0. The number of aromatic nitrogens is 1. The molecule has 0 radical (unpaired) electrons. The average Bonchev–Trinajstić information content (AvgIpc) is 3.52. The first-order valence-electron chi connectivity index (χ1n) is 16.4. The lowest BCUT2D eigenvalue weighted by atomic mass is 9.99. The lowest BCUT2D eigenvalue weighted by Gasteiger charge is -2.36. The SMILES string of the molecule is N#Cc1ccc(-n2c3ccccc3c3cc(C#N)ccc32)c(-c2ccc(C#N)cc2[Si](c2ccccc2)(c2ccccc2)c2ccccc2)c1. The van der Waals surface area contributed by atoms with Crippen molar-refractivity contribution in [1.82, 2.24) is 4.57 Å². The van der Waals surface area contributed by atoms with Crippen LogP contribution in [0.15, 0.2) is 170 Å². The predicted octanol–water partition coefficient (Wildman–Crippen LogP) is 7.44. The van der Waals surface area contributed by atoms with Crippen molar-refractivity contribution in [2.45, 2.75) is 0 Å². The van der Waals surface area contributed by atoms with Crippen LogP contribution in [0.3, 0.4) is 0 Å². The summed E-state index contributed by atoms with van der Waals surface area (Å²) >= 11 is 0. The smallest absolute Gasteiger partial charge is 0.180 e. The molecule has 0 saturated carbocycles. The van der Waals surface area contributed by atoms with Gasteiger partial charge in [-0.1, -0.05) is 115 Å². The van der Waals surface area contributed by atoms with Gasteiger partial charge in [-0.25, -0.2) is 0 Å². The minimum atomic E-state index is -3.11. The number of fused-ring (bicyclic) bond motifs is 3. The monoisotopic (exact) mass is 652 g/mol. The molecule has 50 heavy (non-hydrogen) atoms. The molecule has 8 aromatic rings. The van der Waals surface area contributed by atoms with E-state index in [1.54, 1.807) is 0 Å². The van der Waals surface area contributed by atoms with Gasteiger partial charge < -0.3 is 4.57 Å². The number of hydrogen-bond donors (Lipinski definition) is 0. The Balaban J connectivity index is 1.55. The third kappa shape index (κ3) is 4.80. The van der Waals surface area contributed by atoms with Gasteiger partial charge >= 0.3 is 0 Å². The van der Waals surface area contributed by atoms with Crippen molar-refractivity contribution in [3.05, 3.63) is 187 Å². The molecular weight excluding hydrogens is 625 g/mol. The van der Waals surface area contributed by atoms with E-state index < -0.39 is 8.07 Å². The quantitative estimate of drug-likeness (QED) is 0.138. The standard InChI is InChI=1S/C45H28N4Si/c46-29-32-21-24-43-40(26-32)38-18-10-11-19-42(38)49(43)44-25-22-33(30-47)27-41(44)39-23-20-34(31-48)28-45(39)50(35-12-4-1-5-13-35,36-14-6-2-7-15-36)37-16-8-3-9-17-37/h1-28H. The van der Waals surface area contributed by atoms with E-state index in [2.05, 4.69) is 120 Å². The second-order valence-corrected chi connectivity index (χ2v) is 16.0. The van der Waals surface area contributed by atoms with Gasteiger partial charge in [0.05, 0.1) is 51.6 Å². The fraction of sp³-hybridized carbons (Fsp3) is 0. The highest BCUT2D eigenvalue weighted by Gasteiger charge is 2.43. The van der Waals surface area contributed by atoms with Gasteiger partial charge in [0.2, 0.25) is 0 Å². The summed E-state index contributed by atoms with van der Waals surface area (Å²) in [5.41, 5.74) is 6.41. The van der Waals surface area contributed by atoms with Gasteiger partial charge in [-0.05, 0) is 80.9 Å². The molecule has 1 heterocycles. The Bertz CT molecular complexity index is 2580. The maximum Gasteiger partial charge on any atom is 0.180 e. The van der Waals surface area contributed by atoms with Crippen LogP contribution in [-0.2, 0) is 0 Å². The molecular formula is C45H28N4Si. The normalized spacial score (nSPS) is 11.1. The molecule has 0 fully saturated rings. The summed E-state index contributed by atoms with van der Waals surface area (Å²) in [6.45, 7) is 0. The Morgan fingerprint density at radius 3 is 1.48 bits per heavy atom. The zero-order valence-electron chi connectivity index (χ0n) is 27.0. The molecule has 0 aliphatic carbocycles. The Morgan fingerprint density at radius 1 is 0.400 bits per heavy atom. The van der Waals surface area contributed by atoms with Crippen molar-refractivity contribution >= 4 is 50.6 Å². The second kappa shape index (κ2) is 12.6. The highest BCUT2D eigenvalue weighted by Crippen LogP contribution is 2.37. The van der Waals surface area contributed by atoms with E-state index in [0.717, 1.165) is 43.8 Å². The number of nitrogens with zero attached hydrogens (tertiary/aromatic N) is 4. The van der Waals surface area contributed by atoms with E-state index in [1.165, 1.54) is 15.6 Å². The summed E-state index contributed by atoms with van der Waals surface area (Å²) in [4.78, 5) is 0. The molecule has 0 spiro atoms. The Hall–Kier alpha value is -6.97. The molecule has 232 valence electrons. The van der Waals surface area contributed by atoms with Gasteiger partial charge in [-0.3, -0.25) is 0 Å². The van der Waals surface area contributed by atoms with Gasteiger partial charge in [0.25, 0.3) is 0 Å². The topological polar surface area (TPSA) is 76.3 Å². The van der Waals surface area contributed by atoms with Crippen molar-refractivity contribution in [1.29, 1.82) is 15.8 Å². The van der Waals surface area contributed by atoms with E-state index >= 15 is 0 Å². The summed E-state index contributed by atoms with van der Waals surface area (Å²) in [6, 6.07) is 65.0. The fourth-order valence-electron chi connectivity index (χ4n) is 7.51. The lowest BCUT2D eigenvalue weighted by molar-refractivity contribution is 1.18. The molecule has 0 saturated heterocycles. The predicted molar refractivity (Wildman–Crippen MR) is 204 cm³/mol. The molecule has 1 aromatic heterocycles. The third-order valence-electron chi connectivity index (χ3n) is 9.63. The first kappa shape index (κ1) is 30.4. The fourth-order valence-corrected chi connectivity index (χ4v) is 12.5. The summed E-state index contributed by atoms with van der Waals surface area (Å²) < 4.78 is 2.24. The molecule has 0 atom stereocenters. The van der Waals surface area contributed by atoms with Crippen LogP contribution in [-0.4, -0.2) is 12.6 Å². The number of benzene rings is 7. The Labute approximate surface area is 291 Å². The van der Waals surface area contributed by atoms with E-state index in [4.69, 9.17) is 0 Å². The third-order valence-corrected chi connectivity index (χ3v) is 14.5. The van der Waals surface area contributed by atoms with Crippen molar-refractivity contribution in [2.75, 3.05) is 0 Å². The van der Waals surface area contributed by atoms with E-state index in [9.17, 15) is 15.8 Å². The van der Waals surface area contributed by atoms with Gasteiger partial charge in [0, 0.05) is 16.3 Å². The van der Waals surface area contributed by atoms with E-state index in [0.29, 0.717) is 16.7 Å². The summed E-state index contributed by atoms with van der Waals surface area (Å²) in [7, 11) is -3.11. The van der Waals surface area contributed by atoms with Crippen LogP contribution in [0.2, 0.25) is 0 Å². The summed E-state index contributed by atoms with van der Waals surface area (Å²) in [5.74, 6) is 0. The maximum atomic E-state index is 10.4. The minimum Gasteiger partial charge on any atom is -0.309 e. The first-order chi connectivity index (χ1) is 24.7. The van der Waals surface area contributed by atoms with Gasteiger partial charge in [-0.15, -0.1) is 0 Å². The van der Waals surface area contributed by atoms with Crippen molar-refractivity contribution in [2.24, 2.45) is 0 Å². The number of rotatable bonds is 6. The zero-order valence-corrected chi connectivity index (χ0v) is 28.0. The molecule has 0 unspecified atom stereocenters. The molecule has 0 aliphatic heterocycles. The van der Waals surface area contributed by atoms with Crippen LogP contribution in [0.5, 0.6) is 0 Å². The van der Waals surface area contributed by atoms with Crippen molar-refractivity contribution in [3.63, 3.8) is 0 Å². The van der Waals surface area contributed by atoms with Gasteiger partial charge in [-0.2, -0.15) is 15.8 Å². The number of hydrogen-bond acceptors (Lipinski definition) is 3. The maximum absolute atomic E-state index is 10.4. The molecule has 0 N–H and O–H groups in total. The minimum absolute atomic E-state index is 0.540. The van der Waals surface area contributed by atoms with E-state index in [1.807, 2.05) is 72.8 Å². The average molecular weight is 653 g/mol. The van der Waals surface area contributed by atoms with Crippen molar-refractivity contribution in [3.8, 4) is 35.0 Å². The molecule has 4 nitrogen and oxygen atoms in total. The molecule has 5 heteroatoms. The zero-order chi connectivity index (χ0) is 34.1. The number of nitriles is 3. The van der Waals surface area contributed by atoms with Crippen LogP contribution in [0.1, 0.15) is 16.7 Å². The molecule has 0 aliphatic rings.